The number of amides is 1. The van der Waals surface area contributed by atoms with E-state index in [9.17, 15) is 4.79 Å². The van der Waals surface area contributed by atoms with Crippen molar-refractivity contribution in [3.8, 4) is 17.2 Å². The van der Waals surface area contributed by atoms with E-state index < -0.39 is 0 Å². The van der Waals surface area contributed by atoms with E-state index in [4.69, 9.17) is 14.2 Å². The minimum absolute atomic E-state index is 0.373. The number of carbonyl (C=O) groups is 1. The molecule has 0 atom stereocenters. The SMILES string of the molecule is CCOc1cc(C(=O)N/N=C/c2cc(Br)cc(Br)c2OCc2cccc3ccccc23)ccc1OC. The van der Waals surface area contributed by atoms with E-state index in [2.05, 4.69) is 66.7 Å². The maximum absolute atomic E-state index is 12.7. The summed E-state index contributed by atoms with van der Waals surface area (Å²) in [4.78, 5) is 12.7. The first-order valence-corrected chi connectivity index (χ1v) is 12.8. The Labute approximate surface area is 226 Å². The summed E-state index contributed by atoms with van der Waals surface area (Å²) in [7, 11) is 1.55. The first kappa shape index (κ1) is 25.7. The predicted molar refractivity (Wildman–Crippen MR) is 149 cm³/mol. The van der Waals surface area contributed by atoms with E-state index in [1.54, 1.807) is 31.5 Å². The molecule has 6 nitrogen and oxygen atoms in total. The minimum atomic E-state index is -0.373. The summed E-state index contributed by atoms with van der Waals surface area (Å²) >= 11 is 7.09. The Morgan fingerprint density at radius 1 is 0.972 bits per heavy atom. The van der Waals surface area contributed by atoms with Gasteiger partial charge in [-0.05, 0) is 69.5 Å². The van der Waals surface area contributed by atoms with Crippen LogP contribution in [0.1, 0.15) is 28.4 Å². The summed E-state index contributed by atoms with van der Waals surface area (Å²) in [5, 5.41) is 6.46. The number of nitrogens with zero attached hydrogens (tertiary/aromatic N) is 1. The third-order valence-electron chi connectivity index (χ3n) is 5.38. The molecule has 0 aliphatic carbocycles. The van der Waals surface area contributed by atoms with Gasteiger partial charge < -0.3 is 14.2 Å². The highest BCUT2D eigenvalue weighted by molar-refractivity contribution is 9.11. The second-order valence-corrected chi connectivity index (χ2v) is 9.50. The van der Waals surface area contributed by atoms with Crippen LogP contribution in [0, 0.1) is 0 Å². The summed E-state index contributed by atoms with van der Waals surface area (Å²) in [6, 6.07) is 23.1. The fourth-order valence-corrected chi connectivity index (χ4v) is 5.08. The van der Waals surface area contributed by atoms with Crippen LogP contribution in [-0.2, 0) is 6.61 Å². The van der Waals surface area contributed by atoms with Crippen molar-refractivity contribution in [2.45, 2.75) is 13.5 Å². The highest BCUT2D eigenvalue weighted by Gasteiger charge is 2.13. The number of rotatable bonds is 9. The Kier molecular flexibility index (Phi) is 8.61. The zero-order chi connectivity index (χ0) is 25.5. The fourth-order valence-electron chi connectivity index (χ4n) is 3.71. The van der Waals surface area contributed by atoms with Gasteiger partial charge in [0.1, 0.15) is 12.4 Å². The van der Waals surface area contributed by atoms with Gasteiger partial charge in [0.15, 0.2) is 11.5 Å². The van der Waals surface area contributed by atoms with Gasteiger partial charge in [0.2, 0.25) is 0 Å². The Bertz CT molecular complexity index is 1420. The maximum Gasteiger partial charge on any atom is 0.271 e. The van der Waals surface area contributed by atoms with Crippen molar-refractivity contribution >= 4 is 54.8 Å². The summed E-state index contributed by atoms with van der Waals surface area (Å²) in [6.07, 6.45) is 1.55. The first-order valence-electron chi connectivity index (χ1n) is 11.2. The van der Waals surface area contributed by atoms with Crippen LogP contribution in [0.5, 0.6) is 17.2 Å². The molecule has 4 aromatic carbocycles. The van der Waals surface area contributed by atoms with Crippen LogP contribution in [0.2, 0.25) is 0 Å². The average molecular weight is 612 g/mol. The minimum Gasteiger partial charge on any atom is -0.493 e. The van der Waals surface area contributed by atoms with Crippen LogP contribution in [0.4, 0.5) is 0 Å². The normalized spacial score (nSPS) is 11.0. The largest absolute Gasteiger partial charge is 0.493 e. The fraction of sp³-hybridized carbons (Fsp3) is 0.143. The van der Waals surface area contributed by atoms with Crippen molar-refractivity contribution in [2.24, 2.45) is 5.10 Å². The smallest absolute Gasteiger partial charge is 0.271 e. The van der Waals surface area contributed by atoms with Gasteiger partial charge in [0.05, 0.1) is 24.4 Å². The second-order valence-electron chi connectivity index (χ2n) is 7.73. The van der Waals surface area contributed by atoms with Crippen molar-refractivity contribution < 1.29 is 19.0 Å². The van der Waals surface area contributed by atoms with Crippen molar-refractivity contribution in [3.63, 3.8) is 0 Å². The molecule has 0 saturated heterocycles. The molecule has 0 radical (unpaired) electrons. The molecule has 184 valence electrons. The van der Waals surface area contributed by atoms with Gasteiger partial charge in [-0.3, -0.25) is 4.79 Å². The number of hydrazone groups is 1. The topological polar surface area (TPSA) is 69.2 Å². The lowest BCUT2D eigenvalue weighted by Crippen LogP contribution is -2.18. The van der Waals surface area contributed by atoms with Crippen LogP contribution >= 0.6 is 31.9 Å². The lowest BCUT2D eigenvalue weighted by molar-refractivity contribution is 0.0954. The summed E-state index contributed by atoms with van der Waals surface area (Å²) < 4.78 is 18.7. The summed E-state index contributed by atoms with van der Waals surface area (Å²) in [5.41, 5.74) is 4.74. The van der Waals surface area contributed by atoms with Crippen molar-refractivity contribution in [2.75, 3.05) is 13.7 Å². The van der Waals surface area contributed by atoms with Crippen LogP contribution in [0.15, 0.2) is 86.8 Å². The molecule has 0 aromatic heterocycles. The number of fused-ring (bicyclic) bond motifs is 1. The zero-order valence-electron chi connectivity index (χ0n) is 19.8. The number of benzene rings is 4. The number of nitrogens with one attached hydrogen (secondary N) is 1. The Morgan fingerprint density at radius 3 is 2.58 bits per heavy atom. The van der Waals surface area contributed by atoms with Gasteiger partial charge in [-0.1, -0.05) is 58.4 Å². The summed E-state index contributed by atoms with van der Waals surface area (Å²) in [6.45, 7) is 2.70. The Hall–Kier alpha value is -3.36. The monoisotopic (exact) mass is 610 g/mol. The maximum atomic E-state index is 12.7. The number of ether oxygens (including phenoxy) is 3. The van der Waals surface area contributed by atoms with E-state index in [1.807, 2.05) is 37.3 Å². The van der Waals surface area contributed by atoms with Crippen LogP contribution in [0.25, 0.3) is 10.8 Å². The molecular weight excluding hydrogens is 588 g/mol. The predicted octanol–water partition coefficient (Wildman–Crippen LogP) is 7.12. The number of halogens is 2. The van der Waals surface area contributed by atoms with E-state index in [0.29, 0.717) is 41.6 Å². The van der Waals surface area contributed by atoms with E-state index in [0.717, 1.165) is 25.3 Å². The molecule has 0 aliphatic heterocycles. The second kappa shape index (κ2) is 12.1. The van der Waals surface area contributed by atoms with E-state index in [1.165, 1.54) is 0 Å². The van der Waals surface area contributed by atoms with Gasteiger partial charge in [-0.2, -0.15) is 5.10 Å². The molecule has 1 amide bonds. The number of hydrogen-bond donors (Lipinski definition) is 1. The third kappa shape index (κ3) is 6.06. The molecule has 4 aromatic rings. The lowest BCUT2D eigenvalue weighted by atomic mass is 10.1. The van der Waals surface area contributed by atoms with E-state index in [-0.39, 0.29) is 5.91 Å². The molecule has 36 heavy (non-hydrogen) atoms. The molecule has 0 bridgehead atoms. The first-order chi connectivity index (χ1) is 17.5. The lowest BCUT2D eigenvalue weighted by Gasteiger charge is -2.13. The van der Waals surface area contributed by atoms with Crippen LogP contribution < -0.4 is 19.6 Å². The van der Waals surface area contributed by atoms with Gasteiger partial charge in [-0.15, -0.1) is 0 Å². The molecule has 0 saturated carbocycles. The van der Waals surface area contributed by atoms with Crippen molar-refractivity contribution in [3.05, 3.63) is 98.4 Å². The van der Waals surface area contributed by atoms with Gasteiger partial charge in [0.25, 0.3) is 5.91 Å². The molecule has 1 N–H and O–H groups in total. The molecule has 0 unspecified atom stereocenters. The van der Waals surface area contributed by atoms with Crippen LogP contribution in [-0.4, -0.2) is 25.8 Å². The average Bonchev–Trinajstić information content (AvgIpc) is 2.88. The number of methoxy groups -OCH3 is 1. The molecule has 0 heterocycles. The van der Waals surface area contributed by atoms with E-state index >= 15 is 0 Å². The molecule has 4 rings (SSSR count). The standard InChI is InChI=1S/C28H24Br2N2O4/c1-3-35-26-14-19(11-12-25(26)34-2)28(33)32-31-16-21-13-22(29)15-24(30)27(21)36-17-20-9-6-8-18-7-4-5-10-23(18)20/h4-16H,3,17H2,1-2H3,(H,32,33)/b31-16+. The van der Waals surface area contributed by atoms with Gasteiger partial charge >= 0.3 is 0 Å². The number of hydrogen-bond acceptors (Lipinski definition) is 5. The molecular formula is C28H24Br2N2O4. The van der Waals surface area contributed by atoms with Gasteiger partial charge in [-0.25, -0.2) is 5.43 Å². The number of carbonyl (C=O) groups excluding carboxylic acids is 1. The third-order valence-corrected chi connectivity index (χ3v) is 6.43. The molecule has 0 aliphatic rings. The Morgan fingerprint density at radius 2 is 1.78 bits per heavy atom. The van der Waals surface area contributed by atoms with Crippen molar-refractivity contribution in [1.29, 1.82) is 0 Å². The zero-order valence-corrected chi connectivity index (χ0v) is 22.9. The van der Waals surface area contributed by atoms with Gasteiger partial charge in [0, 0.05) is 15.6 Å². The Balaban J connectivity index is 1.52. The highest BCUT2D eigenvalue weighted by atomic mass is 79.9. The summed E-state index contributed by atoms with van der Waals surface area (Å²) in [5.74, 6) is 1.30. The molecule has 0 spiro atoms. The molecule has 8 heteroatoms. The highest BCUT2D eigenvalue weighted by Crippen LogP contribution is 2.33. The quantitative estimate of drug-likeness (QED) is 0.162. The van der Waals surface area contributed by atoms with Crippen molar-refractivity contribution in [1.82, 2.24) is 5.43 Å². The molecule has 0 fully saturated rings. The van der Waals surface area contributed by atoms with Crippen LogP contribution in [0.3, 0.4) is 0 Å².